The number of benzene rings is 5. The van der Waals surface area contributed by atoms with Gasteiger partial charge in [0.2, 0.25) is 0 Å². The van der Waals surface area contributed by atoms with E-state index in [-0.39, 0.29) is 31.2 Å². The number of rotatable bonds is 5. The zero-order valence-corrected chi connectivity index (χ0v) is 29.8. The third kappa shape index (κ3) is 6.74. The summed E-state index contributed by atoms with van der Waals surface area (Å²) in [6, 6.07) is 48.6. The molecule has 0 aliphatic carbocycles. The third-order valence-electron chi connectivity index (χ3n) is 8.27. The minimum atomic E-state index is -2.18. The predicted octanol–water partition coefficient (Wildman–Crippen LogP) is 11.3. The fourth-order valence-electron chi connectivity index (χ4n) is 5.82. The summed E-state index contributed by atoms with van der Waals surface area (Å²) < 4.78 is 49.2. The fraction of sp³-hybridized carbons (Fsp3) is 0.0455. The maximum Gasteiger partial charge on any atom is 0.0774 e. The van der Waals surface area contributed by atoms with Gasteiger partial charge < -0.3 is 14.1 Å². The quantitative estimate of drug-likeness (QED) is 0.162. The van der Waals surface area contributed by atoms with Gasteiger partial charge in [-0.05, 0) is 71.7 Å². The van der Waals surface area contributed by atoms with Crippen LogP contribution in [-0.4, -0.2) is 19.1 Å². The number of thiophene rings is 1. The monoisotopic (exact) mass is 847 g/mol. The Kier molecular flexibility index (Phi) is 7.74. The van der Waals surface area contributed by atoms with Gasteiger partial charge in [0.25, 0.3) is 0 Å². The number of fused-ring (bicyclic) bond motifs is 2. The zero-order valence-electron chi connectivity index (χ0n) is 32.5. The molecule has 6 heteroatoms. The molecular weight excluding hydrogens is 809 g/mol. The van der Waals surface area contributed by atoms with Crippen LogP contribution < -0.4 is 0 Å². The molecule has 0 atom stereocenters. The molecule has 0 bridgehead atoms. The van der Waals surface area contributed by atoms with E-state index in [0.717, 1.165) is 33.8 Å². The van der Waals surface area contributed by atoms with E-state index in [2.05, 4.69) is 123 Å². The van der Waals surface area contributed by atoms with Crippen LogP contribution in [0.25, 0.3) is 66.3 Å². The van der Waals surface area contributed by atoms with E-state index < -0.39 is 13.7 Å². The molecule has 0 unspecified atom stereocenters. The van der Waals surface area contributed by atoms with Gasteiger partial charge in [0.05, 0.1) is 16.9 Å². The van der Waals surface area contributed by atoms with E-state index in [1.807, 2.05) is 24.3 Å². The summed E-state index contributed by atoms with van der Waals surface area (Å²) in [6.45, 7) is -4.34. The van der Waals surface area contributed by atoms with Crippen LogP contribution in [0.5, 0.6) is 0 Å². The molecule has 245 valence electrons. The SMILES string of the molecule is [2H]C([2H])([2H])c1c[c-]c(-c2ccc(C([2H])([2H])[2H])cn2)cc1.[Ir].[c-]1sc2ccc(-n3cccc3)cc2c1-c1nc2ccccc2n1-c1ccc(-c2ccccc2)cc1. The molecule has 0 amide bonds. The molecule has 0 saturated carbocycles. The van der Waals surface area contributed by atoms with E-state index in [4.69, 9.17) is 13.2 Å². The number of hydrogen-bond acceptors (Lipinski definition) is 3. The predicted molar refractivity (Wildman–Crippen MR) is 203 cm³/mol. The number of aryl methyl sites for hydroxylation is 2. The van der Waals surface area contributed by atoms with Gasteiger partial charge in [0.15, 0.2) is 0 Å². The van der Waals surface area contributed by atoms with Crippen molar-refractivity contribution < 1.29 is 28.3 Å². The molecule has 9 aromatic rings. The standard InChI is InChI=1S/C31H20N3S.C13H12N.Ir/c1-2-8-22(9-3-1)23-12-14-24(15-13-23)34-29-11-5-4-10-28(29)32-31(34)27-21-35-30-17-16-25(20-26(27)30)33-18-6-7-19-33;1-10-3-6-12(7-4-10)13-8-5-11(2)9-14-13;/h1-20H;3-6,8-9H,1-2H3;/q2*-1;/i;1D3,2D3;. The van der Waals surface area contributed by atoms with Gasteiger partial charge in [-0.15, -0.1) is 40.8 Å². The van der Waals surface area contributed by atoms with Crippen molar-refractivity contribution in [3.8, 4) is 45.1 Å². The Balaban J connectivity index is 0.000000197. The van der Waals surface area contributed by atoms with Crippen molar-refractivity contribution >= 4 is 32.5 Å². The first-order valence-corrected chi connectivity index (χ1v) is 16.5. The molecule has 4 aromatic heterocycles. The first kappa shape index (κ1) is 26.5. The van der Waals surface area contributed by atoms with Crippen LogP contribution in [0.3, 0.4) is 0 Å². The molecule has 4 heterocycles. The minimum absolute atomic E-state index is 0. The third-order valence-corrected chi connectivity index (χ3v) is 9.15. The molecule has 0 fully saturated rings. The average Bonchev–Trinajstić information content (AvgIpc) is 3.97. The van der Waals surface area contributed by atoms with Crippen molar-refractivity contribution in [3.63, 3.8) is 0 Å². The Bertz CT molecular complexity index is 2650. The summed E-state index contributed by atoms with van der Waals surface area (Å²) in [5, 5.41) is 4.73. The Hall–Kier alpha value is -5.39. The maximum absolute atomic E-state index is 7.28. The van der Waals surface area contributed by atoms with Gasteiger partial charge in [-0.2, -0.15) is 0 Å². The van der Waals surface area contributed by atoms with E-state index in [9.17, 15) is 0 Å². The molecule has 5 aromatic carbocycles. The Morgan fingerprint density at radius 1 is 0.700 bits per heavy atom. The smallest absolute Gasteiger partial charge is 0.0774 e. The molecule has 1 radical (unpaired) electrons. The molecule has 0 N–H and O–H groups in total. The molecular formula is C44H32IrN4S-2. The molecule has 0 aliphatic rings. The van der Waals surface area contributed by atoms with E-state index >= 15 is 0 Å². The minimum Gasteiger partial charge on any atom is -0.333 e. The second-order valence-corrected chi connectivity index (χ2v) is 12.3. The van der Waals surface area contributed by atoms with E-state index in [1.165, 1.54) is 45.6 Å². The molecule has 0 aliphatic heterocycles. The summed E-state index contributed by atoms with van der Waals surface area (Å²) in [7, 11) is 0. The van der Waals surface area contributed by atoms with Crippen LogP contribution in [-0.2, 0) is 20.1 Å². The van der Waals surface area contributed by atoms with Gasteiger partial charge in [-0.1, -0.05) is 101 Å². The van der Waals surface area contributed by atoms with Crippen molar-refractivity contribution in [1.29, 1.82) is 0 Å². The van der Waals surface area contributed by atoms with Crippen LogP contribution in [0.1, 0.15) is 19.4 Å². The van der Waals surface area contributed by atoms with Crippen molar-refractivity contribution in [2.45, 2.75) is 13.7 Å². The Morgan fingerprint density at radius 3 is 2.18 bits per heavy atom. The summed E-state index contributed by atoms with van der Waals surface area (Å²) in [4.78, 5) is 9.16. The van der Waals surface area contributed by atoms with E-state index in [1.54, 1.807) is 23.5 Å². The number of nitrogens with zero attached hydrogens (tertiary/aromatic N) is 4. The van der Waals surface area contributed by atoms with Gasteiger partial charge in [-0.3, -0.25) is 16.3 Å². The van der Waals surface area contributed by atoms with Gasteiger partial charge in [-0.25, -0.2) is 0 Å². The van der Waals surface area contributed by atoms with Crippen LogP contribution >= 0.6 is 11.3 Å². The second-order valence-electron chi connectivity index (χ2n) is 11.4. The normalized spacial score (nSPS) is 13.1. The Morgan fingerprint density at radius 2 is 1.44 bits per heavy atom. The van der Waals surface area contributed by atoms with Gasteiger partial charge >= 0.3 is 0 Å². The van der Waals surface area contributed by atoms with Crippen molar-refractivity contribution in [2.75, 3.05) is 0 Å². The average molecular weight is 847 g/mol. The number of pyridine rings is 1. The summed E-state index contributed by atoms with van der Waals surface area (Å²) in [5.74, 6) is 0.912. The fourth-order valence-corrected chi connectivity index (χ4v) is 6.64. The number of aromatic nitrogens is 4. The number of hydrogen-bond donors (Lipinski definition) is 0. The second kappa shape index (κ2) is 14.6. The largest absolute Gasteiger partial charge is 0.333 e. The van der Waals surface area contributed by atoms with Crippen LogP contribution in [0.2, 0.25) is 0 Å². The maximum atomic E-state index is 7.28. The molecule has 4 nitrogen and oxygen atoms in total. The van der Waals surface area contributed by atoms with Crippen molar-refractivity contribution in [1.82, 2.24) is 19.1 Å². The topological polar surface area (TPSA) is 35.6 Å². The molecule has 0 spiro atoms. The summed E-state index contributed by atoms with van der Waals surface area (Å²) >= 11 is 1.64. The number of imidazole rings is 1. The molecule has 50 heavy (non-hydrogen) atoms. The summed E-state index contributed by atoms with van der Waals surface area (Å²) in [6.07, 6.45) is 5.44. The zero-order chi connectivity index (χ0) is 38.2. The first-order valence-electron chi connectivity index (χ1n) is 18.7. The van der Waals surface area contributed by atoms with Crippen LogP contribution in [0.15, 0.2) is 158 Å². The van der Waals surface area contributed by atoms with Crippen molar-refractivity contribution in [3.05, 3.63) is 181 Å². The van der Waals surface area contributed by atoms with E-state index in [0.29, 0.717) is 11.3 Å². The molecule has 9 rings (SSSR count). The van der Waals surface area contributed by atoms with Gasteiger partial charge in [0.1, 0.15) is 0 Å². The van der Waals surface area contributed by atoms with Gasteiger partial charge in [0, 0.05) is 58.3 Å². The van der Waals surface area contributed by atoms with Crippen LogP contribution in [0.4, 0.5) is 0 Å². The number of para-hydroxylation sites is 2. The van der Waals surface area contributed by atoms with Crippen LogP contribution in [0, 0.1) is 25.2 Å². The Labute approximate surface area is 318 Å². The molecule has 0 saturated heterocycles. The van der Waals surface area contributed by atoms with Crippen molar-refractivity contribution in [2.24, 2.45) is 0 Å². The summed E-state index contributed by atoms with van der Waals surface area (Å²) in [5.41, 5.74) is 9.27. The first-order chi connectivity index (χ1) is 26.5.